The van der Waals surface area contributed by atoms with Crippen LogP contribution in [0.15, 0.2) is 0 Å². The fraction of sp³-hybridized carbons (Fsp3) is 0.833. The highest BCUT2D eigenvalue weighted by atomic mass is 32.2. The molecule has 6 nitrogen and oxygen atoms in total. The van der Waals surface area contributed by atoms with Gasteiger partial charge < -0.3 is 10.4 Å². The Morgan fingerprint density at radius 2 is 1.89 bits per heavy atom. The van der Waals surface area contributed by atoms with Crippen LogP contribution in [0.5, 0.6) is 0 Å². The number of hydrogen-bond donors (Lipinski definition) is 2. The van der Waals surface area contributed by atoms with Gasteiger partial charge in [0, 0.05) is 0 Å². The number of carbonyl (C=O) groups excluding carboxylic acids is 1. The molecule has 1 aliphatic carbocycles. The second kappa shape index (κ2) is 5.48. The maximum absolute atomic E-state index is 12.2. The Labute approximate surface area is 113 Å². The lowest BCUT2D eigenvalue weighted by atomic mass is 10.1. The van der Waals surface area contributed by atoms with Crippen LogP contribution in [0.3, 0.4) is 0 Å². The van der Waals surface area contributed by atoms with Crippen LogP contribution in [0, 0.1) is 0 Å². The average molecular weight is 291 g/mol. The number of nitrogens with one attached hydrogen (secondary N) is 1. The molecular weight excluding hydrogens is 270 g/mol. The van der Waals surface area contributed by atoms with E-state index in [0.29, 0.717) is 19.3 Å². The summed E-state index contributed by atoms with van der Waals surface area (Å²) in [5.74, 6) is -1.88. The molecule has 1 amide bonds. The van der Waals surface area contributed by atoms with Gasteiger partial charge in [0.05, 0.1) is 5.25 Å². The Hall–Kier alpha value is -1.11. The smallest absolute Gasteiger partial charge is 0.326 e. The van der Waals surface area contributed by atoms with Crippen molar-refractivity contribution in [2.45, 2.75) is 62.5 Å². The number of hydrogen-bond acceptors (Lipinski definition) is 4. The first-order valence-corrected chi connectivity index (χ1v) is 7.96. The van der Waals surface area contributed by atoms with E-state index in [4.69, 9.17) is 5.11 Å². The lowest BCUT2D eigenvalue weighted by molar-refractivity contribution is -0.142. The van der Waals surface area contributed by atoms with E-state index in [1.165, 1.54) is 13.8 Å². The van der Waals surface area contributed by atoms with E-state index in [0.717, 1.165) is 0 Å². The van der Waals surface area contributed by atoms with Crippen LogP contribution in [0.25, 0.3) is 0 Å². The van der Waals surface area contributed by atoms with Crippen molar-refractivity contribution in [1.82, 2.24) is 5.32 Å². The molecule has 0 aromatic carbocycles. The second-order valence-electron chi connectivity index (χ2n) is 5.41. The van der Waals surface area contributed by atoms with E-state index >= 15 is 0 Å². The Bertz CT molecular complexity index is 465. The fourth-order valence-corrected chi connectivity index (χ4v) is 3.71. The van der Waals surface area contributed by atoms with Crippen molar-refractivity contribution in [3.63, 3.8) is 0 Å². The zero-order valence-corrected chi connectivity index (χ0v) is 12.3. The van der Waals surface area contributed by atoms with Gasteiger partial charge in [-0.3, -0.25) is 4.79 Å². The SMILES string of the molecule is CCCC(NC(=O)C(C)(C)S(=O)(=O)C1CC1)C(=O)O. The van der Waals surface area contributed by atoms with Crippen LogP contribution >= 0.6 is 0 Å². The number of amides is 1. The Kier molecular flexibility index (Phi) is 4.60. The van der Waals surface area contributed by atoms with Crippen molar-refractivity contribution in [3.05, 3.63) is 0 Å². The van der Waals surface area contributed by atoms with E-state index in [1.807, 2.05) is 0 Å². The molecule has 0 heterocycles. The minimum Gasteiger partial charge on any atom is -0.480 e. The lowest BCUT2D eigenvalue weighted by Gasteiger charge is -2.25. The quantitative estimate of drug-likeness (QED) is 0.719. The number of sulfone groups is 1. The molecule has 1 rings (SSSR count). The molecule has 0 spiro atoms. The van der Waals surface area contributed by atoms with Gasteiger partial charge >= 0.3 is 5.97 Å². The van der Waals surface area contributed by atoms with E-state index in [2.05, 4.69) is 5.32 Å². The molecule has 1 saturated carbocycles. The summed E-state index contributed by atoms with van der Waals surface area (Å²) in [6.45, 7) is 4.47. The summed E-state index contributed by atoms with van der Waals surface area (Å²) in [4.78, 5) is 23.1. The summed E-state index contributed by atoms with van der Waals surface area (Å²) in [6.07, 6.45) is 2.03. The van der Waals surface area contributed by atoms with Gasteiger partial charge in [-0.1, -0.05) is 13.3 Å². The number of carboxylic acids is 1. The van der Waals surface area contributed by atoms with E-state index in [-0.39, 0.29) is 6.42 Å². The van der Waals surface area contributed by atoms with Crippen molar-refractivity contribution in [2.75, 3.05) is 0 Å². The van der Waals surface area contributed by atoms with Gasteiger partial charge in [0.2, 0.25) is 5.91 Å². The van der Waals surface area contributed by atoms with Crippen LogP contribution in [-0.4, -0.2) is 41.4 Å². The minimum absolute atomic E-state index is 0.278. The minimum atomic E-state index is -3.56. The summed E-state index contributed by atoms with van der Waals surface area (Å²) in [5, 5.41) is 10.9. The standard InChI is InChI=1S/C12H21NO5S/c1-4-5-9(10(14)15)13-11(16)12(2,3)19(17,18)8-6-7-8/h8-9H,4-7H2,1-3H3,(H,13,16)(H,14,15). The largest absolute Gasteiger partial charge is 0.480 e. The number of aliphatic carboxylic acids is 1. The van der Waals surface area contributed by atoms with Crippen LogP contribution in [0.2, 0.25) is 0 Å². The predicted molar refractivity (Wildman–Crippen MR) is 70.5 cm³/mol. The summed E-state index contributed by atoms with van der Waals surface area (Å²) in [6, 6.07) is -1.04. The fourth-order valence-electron chi connectivity index (χ4n) is 1.80. The third-order valence-corrected chi connectivity index (χ3v) is 6.36. The molecule has 0 radical (unpaired) electrons. The third kappa shape index (κ3) is 3.26. The topological polar surface area (TPSA) is 101 Å². The van der Waals surface area contributed by atoms with Gasteiger partial charge in [-0.05, 0) is 33.1 Å². The van der Waals surface area contributed by atoms with Crippen molar-refractivity contribution in [2.24, 2.45) is 0 Å². The van der Waals surface area contributed by atoms with Crippen molar-refractivity contribution in [3.8, 4) is 0 Å². The molecule has 1 aliphatic rings. The average Bonchev–Trinajstić information content (AvgIpc) is 3.11. The maximum Gasteiger partial charge on any atom is 0.326 e. The first-order valence-electron chi connectivity index (χ1n) is 6.41. The molecule has 0 aromatic rings. The highest BCUT2D eigenvalue weighted by Gasteiger charge is 2.50. The molecule has 1 fully saturated rings. The van der Waals surface area contributed by atoms with Crippen LogP contribution in [0.4, 0.5) is 0 Å². The van der Waals surface area contributed by atoms with Crippen LogP contribution in [0.1, 0.15) is 46.5 Å². The van der Waals surface area contributed by atoms with Gasteiger partial charge in [0.1, 0.15) is 10.8 Å². The van der Waals surface area contributed by atoms with E-state index < -0.39 is 37.8 Å². The van der Waals surface area contributed by atoms with Crippen molar-refractivity contribution >= 4 is 21.7 Å². The van der Waals surface area contributed by atoms with Crippen molar-refractivity contribution in [1.29, 1.82) is 0 Å². The highest BCUT2D eigenvalue weighted by molar-refractivity contribution is 7.94. The second-order valence-corrected chi connectivity index (χ2v) is 8.18. The Balaban J connectivity index is 2.83. The number of rotatable bonds is 7. The summed E-state index contributed by atoms with van der Waals surface area (Å²) >= 11 is 0. The van der Waals surface area contributed by atoms with Gasteiger partial charge in [-0.15, -0.1) is 0 Å². The maximum atomic E-state index is 12.2. The summed E-state index contributed by atoms with van der Waals surface area (Å²) < 4.78 is 22.7. The van der Waals surface area contributed by atoms with E-state index in [9.17, 15) is 18.0 Å². The molecule has 1 unspecified atom stereocenters. The Morgan fingerprint density at radius 3 is 2.26 bits per heavy atom. The molecule has 0 aliphatic heterocycles. The molecule has 2 N–H and O–H groups in total. The molecule has 7 heteroatoms. The molecule has 0 saturated heterocycles. The number of carboxylic acid groups (broad SMARTS) is 1. The van der Waals surface area contributed by atoms with Crippen LogP contribution < -0.4 is 5.32 Å². The van der Waals surface area contributed by atoms with Crippen molar-refractivity contribution < 1.29 is 23.1 Å². The summed E-state index contributed by atoms with van der Waals surface area (Å²) in [7, 11) is -3.56. The van der Waals surface area contributed by atoms with Gasteiger partial charge in [-0.25, -0.2) is 13.2 Å². The lowest BCUT2D eigenvalue weighted by Crippen LogP contribution is -2.53. The van der Waals surface area contributed by atoms with Crippen LogP contribution in [-0.2, 0) is 19.4 Å². The molecule has 0 aromatic heterocycles. The first-order chi connectivity index (χ1) is 8.64. The molecule has 19 heavy (non-hydrogen) atoms. The first kappa shape index (κ1) is 15.9. The molecule has 0 bridgehead atoms. The monoisotopic (exact) mass is 291 g/mol. The zero-order valence-electron chi connectivity index (χ0n) is 11.5. The number of carbonyl (C=O) groups is 2. The van der Waals surface area contributed by atoms with Gasteiger partial charge in [-0.2, -0.15) is 0 Å². The highest BCUT2D eigenvalue weighted by Crippen LogP contribution is 2.36. The van der Waals surface area contributed by atoms with Gasteiger partial charge in [0.15, 0.2) is 9.84 Å². The van der Waals surface area contributed by atoms with Gasteiger partial charge in [0.25, 0.3) is 0 Å². The summed E-state index contributed by atoms with van der Waals surface area (Å²) in [5.41, 5.74) is 0. The Morgan fingerprint density at radius 1 is 1.37 bits per heavy atom. The predicted octanol–water partition coefficient (Wildman–Crippen LogP) is 0.712. The van der Waals surface area contributed by atoms with E-state index in [1.54, 1.807) is 6.92 Å². The zero-order chi connectivity index (χ0) is 14.8. The molecule has 1 atom stereocenters. The normalized spacial score (nSPS) is 17.8. The molecular formula is C12H21NO5S. The molecule has 110 valence electrons. The third-order valence-electron chi connectivity index (χ3n) is 3.40.